The van der Waals surface area contributed by atoms with E-state index in [1.54, 1.807) is 24.3 Å². The number of amides is 1. The minimum atomic E-state index is -4.05. The second-order valence-corrected chi connectivity index (χ2v) is 7.25. The summed E-state index contributed by atoms with van der Waals surface area (Å²) in [6.07, 6.45) is 0. The fraction of sp³-hybridized carbons (Fsp3) is 0.0714. The van der Waals surface area contributed by atoms with E-state index in [1.807, 2.05) is 10.3 Å². The molecule has 0 heterocycles. The van der Waals surface area contributed by atoms with Gasteiger partial charge in [-0.25, -0.2) is 8.42 Å². The highest BCUT2D eigenvalue weighted by molar-refractivity contribution is 9.10. The molecule has 0 radical (unpaired) electrons. The first kappa shape index (κ1) is 18.8. The number of nitrogens with one attached hydrogen (secondary N) is 2. The van der Waals surface area contributed by atoms with Crippen molar-refractivity contribution in [2.75, 3.05) is 6.61 Å². The average Bonchev–Trinajstić information content (AvgIpc) is 2.59. The van der Waals surface area contributed by atoms with Crippen LogP contribution in [0.25, 0.3) is 0 Å². The third-order valence-corrected chi connectivity index (χ3v) is 4.66. The molecule has 25 heavy (non-hydrogen) atoms. The Bertz CT molecular complexity index is 868. The van der Waals surface area contributed by atoms with Crippen molar-refractivity contribution in [2.24, 2.45) is 0 Å². The fourth-order valence-corrected chi connectivity index (χ4v) is 2.77. The summed E-state index contributed by atoms with van der Waals surface area (Å²) >= 11 is 3.26. The van der Waals surface area contributed by atoms with Crippen molar-refractivity contribution in [3.8, 4) is 5.75 Å². The Hall–Kier alpha value is -2.50. The van der Waals surface area contributed by atoms with Gasteiger partial charge in [-0.2, -0.15) is 0 Å². The predicted octanol–water partition coefficient (Wildman–Crippen LogP) is 1.75. The Morgan fingerprint density at radius 1 is 1.12 bits per heavy atom. The Balaban J connectivity index is 1.89. The highest BCUT2D eigenvalue weighted by Gasteiger charge is 2.16. The van der Waals surface area contributed by atoms with Gasteiger partial charge in [0.1, 0.15) is 5.75 Å². The zero-order valence-electron chi connectivity index (χ0n) is 12.5. The molecule has 2 aromatic rings. The number of ether oxygens (including phenoxy) is 1. The smallest absolute Gasteiger partial charge is 0.272 e. The topological polar surface area (TPSA) is 128 Å². The van der Waals surface area contributed by atoms with Crippen LogP contribution in [-0.2, 0) is 14.8 Å². The molecule has 0 unspecified atom stereocenters. The number of sulfonamides is 1. The summed E-state index contributed by atoms with van der Waals surface area (Å²) in [5, 5.41) is 10.6. The number of hydrogen-bond acceptors (Lipinski definition) is 6. The van der Waals surface area contributed by atoms with Crippen LogP contribution < -0.4 is 15.0 Å². The zero-order chi connectivity index (χ0) is 18.4. The second-order valence-electron chi connectivity index (χ2n) is 4.65. The van der Waals surface area contributed by atoms with E-state index in [9.17, 15) is 23.3 Å². The lowest BCUT2D eigenvalue weighted by Gasteiger charge is -2.09. The van der Waals surface area contributed by atoms with Crippen LogP contribution >= 0.6 is 15.9 Å². The third-order valence-electron chi connectivity index (χ3n) is 2.87. The lowest BCUT2D eigenvalue weighted by atomic mass is 10.3. The SMILES string of the molecule is O=C(COc1ccc(Br)cc1)NNS(=O)(=O)c1ccc([N+](=O)[O-])cc1. The van der Waals surface area contributed by atoms with E-state index in [-0.39, 0.29) is 10.6 Å². The molecule has 0 aliphatic heterocycles. The van der Waals surface area contributed by atoms with Gasteiger partial charge < -0.3 is 4.74 Å². The summed E-state index contributed by atoms with van der Waals surface area (Å²) in [4.78, 5) is 23.2. The van der Waals surface area contributed by atoms with Crippen LogP contribution in [0, 0.1) is 10.1 Å². The quantitative estimate of drug-likeness (QED) is 0.509. The van der Waals surface area contributed by atoms with Gasteiger partial charge in [-0.3, -0.25) is 20.3 Å². The largest absolute Gasteiger partial charge is 0.484 e. The van der Waals surface area contributed by atoms with Crippen LogP contribution in [-0.4, -0.2) is 25.9 Å². The number of non-ortho nitro benzene ring substituents is 1. The lowest BCUT2D eigenvalue weighted by molar-refractivity contribution is -0.384. The third kappa shape index (κ3) is 5.52. The van der Waals surface area contributed by atoms with Crippen LogP contribution in [0.3, 0.4) is 0 Å². The molecule has 9 nitrogen and oxygen atoms in total. The van der Waals surface area contributed by atoms with Gasteiger partial charge >= 0.3 is 0 Å². The number of nitrogens with zero attached hydrogens (tertiary/aromatic N) is 1. The summed E-state index contributed by atoms with van der Waals surface area (Å²) in [6.45, 7) is -0.398. The van der Waals surface area contributed by atoms with Crippen molar-refractivity contribution < 1.29 is 22.9 Å². The van der Waals surface area contributed by atoms with E-state index in [2.05, 4.69) is 15.9 Å². The van der Waals surface area contributed by atoms with Crippen molar-refractivity contribution in [1.82, 2.24) is 10.3 Å². The van der Waals surface area contributed by atoms with Gasteiger partial charge in [0.15, 0.2) is 6.61 Å². The highest BCUT2D eigenvalue weighted by Crippen LogP contribution is 2.16. The monoisotopic (exact) mass is 429 g/mol. The average molecular weight is 430 g/mol. The Labute approximate surface area is 151 Å². The number of hydrogen-bond donors (Lipinski definition) is 2. The van der Waals surface area contributed by atoms with Gasteiger partial charge in [0.2, 0.25) is 0 Å². The van der Waals surface area contributed by atoms with Crippen LogP contribution in [0.2, 0.25) is 0 Å². The normalized spacial score (nSPS) is 10.9. The number of carbonyl (C=O) groups excluding carboxylic acids is 1. The molecule has 0 spiro atoms. The molecule has 0 saturated heterocycles. The van der Waals surface area contributed by atoms with Crippen LogP contribution in [0.4, 0.5) is 5.69 Å². The van der Waals surface area contributed by atoms with Crippen molar-refractivity contribution in [1.29, 1.82) is 0 Å². The first-order valence-corrected chi connectivity index (χ1v) is 8.99. The molecular formula is C14H12BrN3O6S. The van der Waals surface area contributed by atoms with E-state index in [4.69, 9.17) is 4.74 Å². The Morgan fingerprint density at radius 3 is 2.28 bits per heavy atom. The molecule has 11 heteroatoms. The summed E-state index contributed by atoms with van der Waals surface area (Å²) in [5.41, 5.74) is 1.75. The molecule has 0 saturated carbocycles. The first-order chi connectivity index (χ1) is 11.8. The number of rotatable bonds is 7. The molecule has 0 fully saturated rings. The van der Waals surface area contributed by atoms with Crippen molar-refractivity contribution in [2.45, 2.75) is 4.90 Å². The van der Waals surface area contributed by atoms with Crippen molar-refractivity contribution in [3.63, 3.8) is 0 Å². The molecule has 2 aromatic carbocycles. The molecule has 132 valence electrons. The van der Waals surface area contributed by atoms with E-state index in [0.29, 0.717) is 5.75 Å². The molecule has 0 aliphatic rings. The summed E-state index contributed by atoms with van der Waals surface area (Å²) < 4.78 is 30.0. The number of halogens is 1. The minimum absolute atomic E-state index is 0.229. The molecule has 2 N–H and O–H groups in total. The van der Waals surface area contributed by atoms with Gasteiger partial charge in [0, 0.05) is 16.6 Å². The zero-order valence-corrected chi connectivity index (χ0v) is 14.9. The van der Waals surface area contributed by atoms with E-state index in [0.717, 1.165) is 28.7 Å². The molecule has 0 aromatic heterocycles. The van der Waals surface area contributed by atoms with Gasteiger partial charge in [0.25, 0.3) is 21.6 Å². The molecule has 0 atom stereocenters. The number of nitro benzene ring substituents is 1. The number of nitro groups is 1. The van der Waals surface area contributed by atoms with Gasteiger partial charge in [-0.1, -0.05) is 15.9 Å². The predicted molar refractivity (Wildman–Crippen MR) is 91.2 cm³/mol. The number of benzene rings is 2. The maximum absolute atomic E-state index is 12.0. The fourth-order valence-electron chi connectivity index (χ4n) is 1.65. The lowest BCUT2D eigenvalue weighted by Crippen LogP contribution is -2.43. The molecule has 0 bridgehead atoms. The standard InChI is InChI=1S/C14H12BrN3O6S/c15-10-1-5-12(6-2-10)24-9-14(19)16-17-25(22,23)13-7-3-11(4-8-13)18(20)21/h1-8,17H,9H2,(H,16,19). The van der Waals surface area contributed by atoms with E-state index >= 15 is 0 Å². The van der Waals surface area contributed by atoms with Crippen molar-refractivity contribution >= 4 is 37.5 Å². The maximum Gasteiger partial charge on any atom is 0.272 e. The summed E-state index contributed by atoms with van der Waals surface area (Å²) in [5.74, 6) is -0.273. The minimum Gasteiger partial charge on any atom is -0.484 e. The number of hydrazine groups is 1. The van der Waals surface area contributed by atoms with E-state index < -0.39 is 27.5 Å². The highest BCUT2D eigenvalue weighted by atomic mass is 79.9. The molecular weight excluding hydrogens is 418 g/mol. The second kappa shape index (κ2) is 8.05. The van der Waals surface area contributed by atoms with Crippen LogP contribution in [0.15, 0.2) is 57.9 Å². The summed E-state index contributed by atoms with van der Waals surface area (Å²) in [6, 6.07) is 10.9. The first-order valence-electron chi connectivity index (χ1n) is 6.71. The Morgan fingerprint density at radius 2 is 1.72 bits per heavy atom. The molecule has 1 amide bonds. The van der Waals surface area contributed by atoms with Gasteiger partial charge in [-0.15, -0.1) is 4.83 Å². The maximum atomic E-state index is 12.0. The number of carbonyl (C=O) groups is 1. The van der Waals surface area contributed by atoms with Crippen molar-refractivity contribution in [3.05, 3.63) is 63.1 Å². The summed E-state index contributed by atoms with van der Waals surface area (Å²) in [7, 11) is -4.05. The molecule has 2 rings (SSSR count). The Kier molecular flexibility index (Phi) is 6.07. The van der Waals surface area contributed by atoms with Crippen LogP contribution in [0.5, 0.6) is 5.75 Å². The van der Waals surface area contributed by atoms with Gasteiger partial charge in [0.05, 0.1) is 9.82 Å². The van der Waals surface area contributed by atoms with Gasteiger partial charge in [-0.05, 0) is 36.4 Å². The van der Waals surface area contributed by atoms with E-state index in [1.165, 1.54) is 0 Å². The molecule has 0 aliphatic carbocycles. The van der Waals surface area contributed by atoms with Crippen LogP contribution in [0.1, 0.15) is 0 Å².